The molecular formula is C25H26BrClN2O5S. The van der Waals surface area contributed by atoms with Crippen molar-refractivity contribution in [2.75, 3.05) is 25.1 Å². The maximum atomic E-state index is 13.8. The minimum atomic E-state index is -4.21. The monoisotopic (exact) mass is 580 g/mol. The number of carbonyl (C=O) groups is 1. The third-order valence-electron chi connectivity index (χ3n) is 5.35. The smallest absolute Gasteiger partial charge is 0.268 e. The van der Waals surface area contributed by atoms with E-state index in [4.69, 9.17) is 21.1 Å². The Balaban J connectivity index is 2.00. The lowest BCUT2D eigenvalue weighted by Gasteiger charge is -2.26. The number of nitrogens with zero attached hydrogens (tertiary/aromatic N) is 1. The number of benzene rings is 3. The van der Waals surface area contributed by atoms with Crippen molar-refractivity contribution in [3.63, 3.8) is 0 Å². The second kappa shape index (κ2) is 11.3. The Kier molecular flexibility index (Phi) is 8.69. The van der Waals surface area contributed by atoms with Gasteiger partial charge in [0.15, 0.2) is 0 Å². The van der Waals surface area contributed by atoms with Crippen LogP contribution in [0.4, 0.5) is 5.69 Å². The molecule has 10 heteroatoms. The summed E-state index contributed by atoms with van der Waals surface area (Å²) in [5.74, 6) is 0.0700. The van der Waals surface area contributed by atoms with E-state index in [0.717, 1.165) is 19.9 Å². The molecule has 0 saturated heterocycles. The van der Waals surface area contributed by atoms with E-state index in [2.05, 4.69) is 21.2 Å². The van der Waals surface area contributed by atoms with Gasteiger partial charge in [-0.1, -0.05) is 45.7 Å². The second-order valence-electron chi connectivity index (χ2n) is 7.83. The van der Waals surface area contributed by atoms with E-state index < -0.39 is 22.5 Å². The van der Waals surface area contributed by atoms with E-state index >= 15 is 0 Å². The van der Waals surface area contributed by atoms with Crippen molar-refractivity contribution in [2.45, 2.75) is 24.8 Å². The van der Waals surface area contributed by atoms with Gasteiger partial charge in [0.2, 0.25) is 5.91 Å². The largest absolute Gasteiger partial charge is 0.495 e. The molecule has 0 aliphatic heterocycles. The number of amides is 1. The minimum Gasteiger partial charge on any atom is -0.495 e. The number of rotatable bonds is 9. The van der Waals surface area contributed by atoms with Gasteiger partial charge in [-0.05, 0) is 67.4 Å². The minimum absolute atomic E-state index is 0.0549. The summed E-state index contributed by atoms with van der Waals surface area (Å²) in [4.78, 5) is 13.0. The molecule has 7 nitrogen and oxygen atoms in total. The molecule has 0 radical (unpaired) electrons. The molecule has 3 aromatic carbocycles. The molecule has 35 heavy (non-hydrogen) atoms. The lowest BCUT2D eigenvalue weighted by Crippen LogP contribution is -2.41. The van der Waals surface area contributed by atoms with Crippen LogP contribution < -0.4 is 19.1 Å². The van der Waals surface area contributed by atoms with Crippen LogP contribution in [0.15, 0.2) is 70.0 Å². The van der Waals surface area contributed by atoms with Crippen LogP contribution in [0.25, 0.3) is 0 Å². The Morgan fingerprint density at radius 1 is 1.03 bits per heavy atom. The fourth-order valence-electron chi connectivity index (χ4n) is 3.48. The molecule has 0 unspecified atom stereocenters. The van der Waals surface area contributed by atoms with Crippen LogP contribution in [-0.2, 0) is 14.8 Å². The lowest BCUT2D eigenvalue weighted by atomic mass is 10.1. The highest BCUT2D eigenvalue weighted by Gasteiger charge is 2.31. The van der Waals surface area contributed by atoms with Crippen molar-refractivity contribution in [1.29, 1.82) is 0 Å². The molecular weight excluding hydrogens is 556 g/mol. The molecule has 0 bridgehead atoms. The SMILES string of the molecule is COc1ccc(N(CC(=O)N[C@H](C)c2ccc(Br)cc2)S(=O)(=O)c2cc(C)ccc2OC)cc1Cl. The molecule has 1 atom stereocenters. The van der Waals surface area contributed by atoms with E-state index in [9.17, 15) is 13.2 Å². The fourth-order valence-corrected chi connectivity index (χ4v) is 5.65. The average Bonchev–Trinajstić information content (AvgIpc) is 2.82. The van der Waals surface area contributed by atoms with Crippen molar-refractivity contribution >= 4 is 49.1 Å². The van der Waals surface area contributed by atoms with Crippen LogP contribution in [0.5, 0.6) is 11.5 Å². The van der Waals surface area contributed by atoms with Crippen LogP contribution in [0.3, 0.4) is 0 Å². The van der Waals surface area contributed by atoms with Crippen LogP contribution in [0.1, 0.15) is 24.1 Å². The van der Waals surface area contributed by atoms with Gasteiger partial charge in [-0.3, -0.25) is 9.10 Å². The molecule has 0 fully saturated rings. The van der Waals surface area contributed by atoms with Crippen LogP contribution >= 0.6 is 27.5 Å². The fraction of sp³-hybridized carbons (Fsp3) is 0.240. The molecule has 1 N–H and O–H groups in total. The zero-order valence-electron chi connectivity index (χ0n) is 19.7. The summed E-state index contributed by atoms with van der Waals surface area (Å²) in [7, 11) is -1.36. The van der Waals surface area contributed by atoms with Crippen molar-refractivity contribution < 1.29 is 22.7 Å². The summed E-state index contributed by atoms with van der Waals surface area (Å²) in [6, 6.07) is 16.5. The molecule has 0 aromatic heterocycles. The predicted octanol–water partition coefficient (Wildman–Crippen LogP) is 5.50. The normalized spacial score (nSPS) is 12.1. The van der Waals surface area contributed by atoms with Gasteiger partial charge >= 0.3 is 0 Å². The first-order valence-electron chi connectivity index (χ1n) is 10.6. The Labute approximate surface area is 219 Å². The zero-order chi connectivity index (χ0) is 25.8. The van der Waals surface area contributed by atoms with Crippen molar-refractivity contribution in [1.82, 2.24) is 5.32 Å². The quantitative estimate of drug-likeness (QED) is 0.361. The number of halogens is 2. The Hall–Kier alpha value is -2.75. The maximum absolute atomic E-state index is 13.8. The number of hydrogen-bond acceptors (Lipinski definition) is 5. The van der Waals surface area contributed by atoms with Gasteiger partial charge in [0.1, 0.15) is 22.9 Å². The Morgan fingerprint density at radius 3 is 2.26 bits per heavy atom. The predicted molar refractivity (Wildman–Crippen MR) is 141 cm³/mol. The number of ether oxygens (including phenoxy) is 2. The van der Waals surface area contributed by atoms with E-state index in [1.165, 1.54) is 32.4 Å². The highest BCUT2D eigenvalue weighted by atomic mass is 79.9. The van der Waals surface area contributed by atoms with Crippen molar-refractivity contribution in [3.05, 3.63) is 81.3 Å². The lowest BCUT2D eigenvalue weighted by molar-refractivity contribution is -0.120. The summed E-state index contributed by atoms with van der Waals surface area (Å²) in [6.07, 6.45) is 0. The number of nitrogens with one attached hydrogen (secondary N) is 1. The molecule has 3 rings (SSSR count). The number of hydrogen-bond donors (Lipinski definition) is 1. The first-order valence-corrected chi connectivity index (χ1v) is 13.2. The number of aryl methyl sites for hydroxylation is 1. The standard InChI is InChI=1S/C25H26BrClN2O5S/c1-16-5-11-23(34-4)24(13-16)35(31,32)29(20-10-12-22(33-3)21(27)14-20)15-25(30)28-17(2)18-6-8-19(26)9-7-18/h5-14,17H,15H2,1-4H3,(H,28,30)/t17-/m1/s1. The second-order valence-corrected chi connectivity index (χ2v) is 11.0. The van der Waals surface area contributed by atoms with Gasteiger partial charge in [-0.15, -0.1) is 0 Å². The molecule has 0 saturated carbocycles. The third kappa shape index (κ3) is 6.28. The van der Waals surface area contributed by atoms with Gasteiger partial charge in [-0.2, -0.15) is 0 Å². The summed E-state index contributed by atoms with van der Waals surface area (Å²) >= 11 is 9.68. The Bertz CT molecular complexity index is 1320. The van der Waals surface area contributed by atoms with Gasteiger partial charge in [0.25, 0.3) is 10.0 Å². The van der Waals surface area contributed by atoms with Crippen LogP contribution in [0.2, 0.25) is 5.02 Å². The molecule has 0 spiro atoms. The highest BCUT2D eigenvalue weighted by molar-refractivity contribution is 9.10. The van der Waals surface area contributed by atoms with Gasteiger partial charge in [0, 0.05) is 4.47 Å². The van der Waals surface area contributed by atoms with Gasteiger partial charge in [-0.25, -0.2) is 8.42 Å². The van der Waals surface area contributed by atoms with E-state index in [-0.39, 0.29) is 27.4 Å². The third-order valence-corrected chi connectivity index (χ3v) is 7.96. The summed E-state index contributed by atoms with van der Waals surface area (Å²) in [5.41, 5.74) is 1.82. The zero-order valence-corrected chi connectivity index (χ0v) is 22.9. The molecule has 0 heterocycles. The average molecular weight is 582 g/mol. The number of sulfonamides is 1. The van der Waals surface area contributed by atoms with E-state index in [0.29, 0.717) is 5.75 Å². The first kappa shape index (κ1) is 26.8. The highest BCUT2D eigenvalue weighted by Crippen LogP contribution is 2.34. The van der Waals surface area contributed by atoms with Gasteiger partial charge in [0.05, 0.1) is 31.0 Å². The maximum Gasteiger partial charge on any atom is 0.268 e. The molecule has 0 aliphatic carbocycles. The molecule has 1 amide bonds. The molecule has 186 valence electrons. The number of methoxy groups -OCH3 is 2. The van der Waals surface area contributed by atoms with Gasteiger partial charge < -0.3 is 14.8 Å². The van der Waals surface area contributed by atoms with Crippen molar-refractivity contribution in [2.24, 2.45) is 0 Å². The first-order chi connectivity index (χ1) is 16.6. The van der Waals surface area contributed by atoms with Crippen LogP contribution in [0, 0.1) is 6.92 Å². The Morgan fingerprint density at radius 2 is 1.66 bits per heavy atom. The van der Waals surface area contributed by atoms with E-state index in [1.54, 1.807) is 25.1 Å². The molecule has 0 aliphatic rings. The summed E-state index contributed by atoms with van der Waals surface area (Å²) in [5, 5.41) is 3.08. The topological polar surface area (TPSA) is 84.9 Å². The summed E-state index contributed by atoms with van der Waals surface area (Å²) in [6.45, 7) is 3.14. The van der Waals surface area contributed by atoms with E-state index in [1.807, 2.05) is 31.2 Å². The van der Waals surface area contributed by atoms with Crippen LogP contribution in [-0.4, -0.2) is 35.1 Å². The molecule has 3 aromatic rings. The van der Waals surface area contributed by atoms with Crippen molar-refractivity contribution in [3.8, 4) is 11.5 Å². The number of anilines is 1. The summed E-state index contributed by atoms with van der Waals surface area (Å²) < 4.78 is 40.1. The number of carbonyl (C=O) groups excluding carboxylic acids is 1.